The number of rotatable bonds is 5. The second kappa shape index (κ2) is 7.45. The Labute approximate surface area is 156 Å². The van der Waals surface area contributed by atoms with Crippen LogP contribution in [-0.4, -0.2) is 23.3 Å². The largest absolute Gasteiger partial charge is 0.444 e. The average Bonchev–Trinajstić information content (AvgIpc) is 3.32. The number of hydrogen-bond acceptors (Lipinski definition) is 4. The maximum Gasteiger partial charge on any atom is 0.230 e. The fraction of sp³-hybridized carbons (Fsp3) is 0.190. The van der Waals surface area contributed by atoms with E-state index in [1.54, 1.807) is 11.0 Å². The van der Waals surface area contributed by atoms with E-state index in [4.69, 9.17) is 4.42 Å². The third kappa shape index (κ3) is 3.74. The number of carbonyl (C=O) groups excluding carboxylic acids is 2. The smallest absolute Gasteiger partial charge is 0.230 e. The summed E-state index contributed by atoms with van der Waals surface area (Å²) in [6.07, 6.45) is 2.97. The van der Waals surface area contributed by atoms with Crippen LogP contribution in [0, 0.1) is 0 Å². The van der Waals surface area contributed by atoms with Gasteiger partial charge in [-0.15, -0.1) is 0 Å². The lowest BCUT2D eigenvalue weighted by Crippen LogP contribution is -2.26. The number of nitrogens with zero attached hydrogens (tertiary/aromatic N) is 2. The molecule has 0 spiro atoms. The van der Waals surface area contributed by atoms with Gasteiger partial charge in [0.2, 0.25) is 17.7 Å². The van der Waals surface area contributed by atoms with Crippen molar-refractivity contribution in [2.75, 3.05) is 16.8 Å². The number of amides is 2. The Morgan fingerprint density at radius 2 is 1.89 bits per heavy atom. The highest BCUT2D eigenvalue weighted by Crippen LogP contribution is 2.29. The van der Waals surface area contributed by atoms with Crippen LogP contribution in [0.25, 0.3) is 11.5 Å². The standard InChI is InChI=1S/C21H19N3O3/c25-19(13-16-14-27-21(22-16)15-7-2-1-3-8-15)23-17-9-4-5-10-18(17)24-12-6-11-20(24)26/h1-5,7-10,14H,6,11-13H2,(H,23,25). The molecule has 2 heterocycles. The Kier molecular flexibility index (Phi) is 4.70. The molecule has 2 aromatic carbocycles. The molecule has 0 saturated carbocycles. The minimum atomic E-state index is -0.206. The number of hydrogen-bond donors (Lipinski definition) is 1. The molecule has 2 amide bonds. The van der Waals surface area contributed by atoms with Crippen molar-refractivity contribution >= 4 is 23.2 Å². The third-order valence-corrected chi connectivity index (χ3v) is 4.46. The first-order valence-electron chi connectivity index (χ1n) is 8.90. The van der Waals surface area contributed by atoms with Crippen LogP contribution in [0.5, 0.6) is 0 Å². The zero-order valence-corrected chi connectivity index (χ0v) is 14.7. The van der Waals surface area contributed by atoms with Crippen LogP contribution in [0.2, 0.25) is 0 Å². The second-order valence-electron chi connectivity index (χ2n) is 6.40. The molecule has 1 aliphatic heterocycles. The second-order valence-corrected chi connectivity index (χ2v) is 6.40. The van der Waals surface area contributed by atoms with Gasteiger partial charge in [0.25, 0.3) is 0 Å². The zero-order valence-electron chi connectivity index (χ0n) is 14.7. The Morgan fingerprint density at radius 3 is 2.67 bits per heavy atom. The van der Waals surface area contributed by atoms with E-state index in [0.29, 0.717) is 30.2 Å². The quantitative estimate of drug-likeness (QED) is 0.753. The fourth-order valence-corrected chi connectivity index (χ4v) is 3.18. The summed E-state index contributed by atoms with van der Waals surface area (Å²) >= 11 is 0. The number of oxazole rings is 1. The highest BCUT2D eigenvalue weighted by atomic mass is 16.3. The molecule has 0 unspecified atom stereocenters. The van der Waals surface area contributed by atoms with Crippen molar-refractivity contribution in [1.82, 2.24) is 4.98 Å². The number of aromatic nitrogens is 1. The van der Waals surface area contributed by atoms with Gasteiger partial charge in [-0.05, 0) is 30.7 Å². The van der Waals surface area contributed by atoms with E-state index in [1.165, 1.54) is 6.26 Å². The maximum atomic E-state index is 12.5. The van der Waals surface area contributed by atoms with E-state index in [9.17, 15) is 9.59 Å². The van der Waals surface area contributed by atoms with E-state index >= 15 is 0 Å². The van der Waals surface area contributed by atoms with Gasteiger partial charge in [0, 0.05) is 18.5 Å². The van der Waals surface area contributed by atoms with E-state index in [0.717, 1.165) is 17.7 Å². The number of para-hydroxylation sites is 2. The lowest BCUT2D eigenvalue weighted by molar-refractivity contribution is -0.117. The maximum absolute atomic E-state index is 12.5. The van der Waals surface area contributed by atoms with Crippen molar-refractivity contribution in [2.24, 2.45) is 0 Å². The fourth-order valence-electron chi connectivity index (χ4n) is 3.18. The number of benzene rings is 2. The minimum Gasteiger partial charge on any atom is -0.444 e. The van der Waals surface area contributed by atoms with Gasteiger partial charge in [-0.2, -0.15) is 0 Å². The normalized spacial score (nSPS) is 13.8. The van der Waals surface area contributed by atoms with Crippen molar-refractivity contribution in [3.63, 3.8) is 0 Å². The van der Waals surface area contributed by atoms with Gasteiger partial charge in [0.15, 0.2) is 0 Å². The average molecular weight is 361 g/mol. The van der Waals surface area contributed by atoms with Crippen molar-refractivity contribution < 1.29 is 14.0 Å². The topological polar surface area (TPSA) is 75.4 Å². The van der Waals surface area contributed by atoms with E-state index in [1.807, 2.05) is 48.5 Å². The van der Waals surface area contributed by atoms with Gasteiger partial charge >= 0.3 is 0 Å². The monoisotopic (exact) mass is 361 g/mol. The predicted molar refractivity (Wildman–Crippen MR) is 102 cm³/mol. The molecule has 3 aromatic rings. The van der Waals surface area contributed by atoms with E-state index in [2.05, 4.69) is 10.3 Å². The van der Waals surface area contributed by atoms with Crippen LogP contribution >= 0.6 is 0 Å². The van der Waals surface area contributed by atoms with Gasteiger partial charge < -0.3 is 14.6 Å². The summed E-state index contributed by atoms with van der Waals surface area (Å²) in [5.41, 5.74) is 2.78. The first kappa shape index (κ1) is 17.0. The molecule has 0 atom stereocenters. The molecule has 6 heteroatoms. The predicted octanol–water partition coefficient (Wildman–Crippen LogP) is 3.65. The Bertz CT molecular complexity index is 966. The number of anilines is 2. The van der Waals surface area contributed by atoms with Crippen molar-refractivity contribution in [2.45, 2.75) is 19.3 Å². The molecule has 4 rings (SSSR count). The molecule has 1 N–H and O–H groups in total. The van der Waals surface area contributed by atoms with Crippen LogP contribution in [0.1, 0.15) is 18.5 Å². The lowest BCUT2D eigenvalue weighted by atomic mass is 10.2. The lowest BCUT2D eigenvalue weighted by Gasteiger charge is -2.19. The summed E-state index contributed by atoms with van der Waals surface area (Å²) in [7, 11) is 0. The summed E-state index contributed by atoms with van der Waals surface area (Å²) in [6.45, 7) is 0.676. The molecular formula is C21H19N3O3. The van der Waals surface area contributed by atoms with Crippen LogP contribution in [0.15, 0.2) is 65.3 Å². The Morgan fingerprint density at radius 1 is 1.11 bits per heavy atom. The summed E-state index contributed by atoms with van der Waals surface area (Å²) in [5.74, 6) is 0.365. The van der Waals surface area contributed by atoms with Gasteiger partial charge in [0.1, 0.15) is 6.26 Å². The van der Waals surface area contributed by atoms with Crippen molar-refractivity contribution in [3.8, 4) is 11.5 Å². The summed E-state index contributed by atoms with van der Waals surface area (Å²) in [4.78, 5) is 30.6. The van der Waals surface area contributed by atoms with Crippen LogP contribution in [0.3, 0.4) is 0 Å². The Balaban J connectivity index is 1.46. The number of carbonyl (C=O) groups is 2. The summed E-state index contributed by atoms with van der Waals surface area (Å²) in [5, 5.41) is 2.89. The van der Waals surface area contributed by atoms with Crippen LogP contribution in [-0.2, 0) is 16.0 Å². The molecule has 27 heavy (non-hydrogen) atoms. The van der Waals surface area contributed by atoms with E-state index < -0.39 is 0 Å². The van der Waals surface area contributed by atoms with Gasteiger partial charge in [-0.3, -0.25) is 9.59 Å². The minimum absolute atomic E-state index is 0.0840. The van der Waals surface area contributed by atoms with Gasteiger partial charge in [0.05, 0.1) is 23.5 Å². The molecule has 6 nitrogen and oxygen atoms in total. The first-order chi connectivity index (χ1) is 13.2. The van der Waals surface area contributed by atoms with Crippen LogP contribution < -0.4 is 10.2 Å². The van der Waals surface area contributed by atoms with Gasteiger partial charge in [-0.25, -0.2) is 4.98 Å². The molecule has 0 bridgehead atoms. The molecule has 0 radical (unpaired) electrons. The molecular weight excluding hydrogens is 342 g/mol. The van der Waals surface area contributed by atoms with Crippen molar-refractivity contribution in [3.05, 3.63) is 66.6 Å². The summed E-state index contributed by atoms with van der Waals surface area (Å²) < 4.78 is 5.48. The molecule has 0 aliphatic carbocycles. The van der Waals surface area contributed by atoms with Crippen molar-refractivity contribution in [1.29, 1.82) is 0 Å². The highest BCUT2D eigenvalue weighted by molar-refractivity contribution is 6.02. The molecule has 1 aliphatic rings. The zero-order chi connectivity index (χ0) is 18.6. The van der Waals surface area contributed by atoms with E-state index in [-0.39, 0.29) is 18.2 Å². The third-order valence-electron chi connectivity index (χ3n) is 4.46. The molecule has 1 fully saturated rings. The van der Waals surface area contributed by atoms with Crippen LogP contribution in [0.4, 0.5) is 11.4 Å². The summed E-state index contributed by atoms with van der Waals surface area (Å²) in [6, 6.07) is 16.9. The van der Waals surface area contributed by atoms with Gasteiger partial charge in [-0.1, -0.05) is 30.3 Å². The number of nitrogens with one attached hydrogen (secondary N) is 1. The molecule has 136 valence electrons. The first-order valence-corrected chi connectivity index (χ1v) is 8.90. The Hall–Kier alpha value is -3.41. The molecule has 1 saturated heterocycles. The highest BCUT2D eigenvalue weighted by Gasteiger charge is 2.24. The molecule has 1 aromatic heterocycles. The SMILES string of the molecule is O=C(Cc1coc(-c2ccccc2)n1)Nc1ccccc1N1CCCC1=O.